The van der Waals surface area contributed by atoms with Crippen molar-refractivity contribution >= 4 is 29.1 Å². The lowest BCUT2D eigenvalue weighted by atomic mass is 10.1. The van der Waals surface area contributed by atoms with Crippen molar-refractivity contribution in [3.63, 3.8) is 0 Å². The molecule has 0 saturated heterocycles. The van der Waals surface area contributed by atoms with Crippen LogP contribution in [0.3, 0.4) is 0 Å². The Morgan fingerprint density at radius 1 is 1.20 bits per heavy atom. The van der Waals surface area contributed by atoms with Gasteiger partial charge in [0.2, 0.25) is 0 Å². The third-order valence-electron chi connectivity index (χ3n) is 4.67. The summed E-state index contributed by atoms with van der Waals surface area (Å²) in [5.41, 5.74) is 1.72. The molecule has 4 rings (SSSR count). The third-order valence-corrected chi connectivity index (χ3v) is 5.33. The fourth-order valence-electron chi connectivity index (χ4n) is 3.15. The van der Waals surface area contributed by atoms with Crippen LogP contribution in [-0.2, 0) is 0 Å². The lowest BCUT2D eigenvalue weighted by Crippen LogP contribution is -2.29. The van der Waals surface area contributed by atoms with Crippen molar-refractivity contribution in [1.82, 2.24) is 20.3 Å². The number of carbonyl (C=O) groups excluding carboxylic acids is 1. The van der Waals surface area contributed by atoms with E-state index < -0.39 is 12.0 Å². The third kappa shape index (κ3) is 3.94. The van der Waals surface area contributed by atoms with Gasteiger partial charge in [0, 0.05) is 28.2 Å². The summed E-state index contributed by atoms with van der Waals surface area (Å²) in [5, 5.41) is 21.7. The fourth-order valence-corrected chi connectivity index (χ4v) is 3.80. The first-order chi connectivity index (χ1) is 14.5. The molecule has 156 valence electrons. The summed E-state index contributed by atoms with van der Waals surface area (Å²) in [6, 6.07) is 10.3. The number of aliphatic hydroxyl groups excluding tert-OH is 1. The molecule has 1 aliphatic rings. The molecule has 2 N–H and O–H groups in total. The summed E-state index contributed by atoms with van der Waals surface area (Å²) in [4.78, 5) is 12.6. The highest BCUT2D eigenvalue weighted by Gasteiger charge is 2.21. The van der Waals surface area contributed by atoms with Gasteiger partial charge in [-0.1, -0.05) is 34.5 Å². The molecule has 30 heavy (non-hydrogen) atoms. The Morgan fingerprint density at radius 3 is 2.63 bits per heavy atom. The van der Waals surface area contributed by atoms with Crippen molar-refractivity contribution in [1.29, 1.82) is 0 Å². The molecule has 0 fully saturated rings. The molecule has 1 aliphatic heterocycles. The standard InChI is InChI=1S/C20H18Cl2N4O4/c1-11-19(20(28)23-10-15(27)18-13(21)3-2-4-14(18)22)24-25-26(11)12-5-6-16-17(9-12)30-8-7-29-16/h2-6,9,15,27H,7-8,10H2,1H3,(H,23,28). The van der Waals surface area contributed by atoms with E-state index in [1.54, 1.807) is 43.3 Å². The number of hydrogen-bond donors (Lipinski definition) is 2. The first-order valence-corrected chi connectivity index (χ1v) is 9.94. The van der Waals surface area contributed by atoms with E-state index in [1.807, 2.05) is 0 Å². The number of aliphatic hydroxyl groups is 1. The summed E-state index contributed by atoms with van der Waals surface area (Å²) >= 11 is 12.2. The first-order valence-electron chi connectivity index (χ1n) is 9.18. The predicted octanol–water partition coefficient (Wildman–Crippen LogP) is 3.12. The summed E-state index contributed by atoms with van der Waals surface area (Å²) in [6.07, 6.45) is -1.07. The molecule has 8 nitrogen and oxygen atoms in total. The zero-order chi connectivity index (χ0) is 21.3. The van der Waals surface area contributed by atoms with Gasteiger partial charge in [-0.2, -0.15) is 0 Å². The minimum absolute atomic E-state index is 0.0847. The van der Waals surface area contributed by atoms with Gasteiger partial charge in [-0.3, -0.25) is 4.79 Å². The number of rotatable bonds is 5. The number of nitrogens with one attached hydrogen (secondary N) is 1. The zero-order valence-electron chi connectivity index (χ0n) is 15.9. The molecule has 0 radical (unpaired) electrons. The number of halogens is 2. The van der Waals surface area contributed by atoms with E-state index in [0.29, 0.717) is 51.7 Å². The zero-order valence-corrected chi connectivity index (χ0v) is 17.4. The Hall–Kier alpha value is -2.81. The van der Waals surface area contributed by atoms with E-state index in [-0.39, 0.29) is 12.2 Å². The molecule has 1 aromatic heterocycles. The van der Waals surface area contributed by atoms with Gasteiger partial charge >= 0.3 is 0 Å². The van der Waals surface area contributed by atoms with Gasteiger partial charge in [0.1, 0.15) is 13.2 Å². The molecule has 1 amide bonds. The number of carbonyl (C=O) groups is 1. The molecule has 1 unspecified atom stereocenters. The van der Waals surface area contributed by atoms with Crippen LogP contribution in [-0.4, -0.2) is 45.8 Å². The highest BCUT2D eigenvalue weighted by molar-refractivity contribution is 6.36. The molecule has 0 saturated carbocycles. The predicted molar refractivity (Wildman–Crippen MR) is 111 cm³/mol. The Morgan fingerprint density at radius 2 is 1.90 bits per heavy atom. The van der Waals surface area contributed by atoms with Crippen LogP contribution in [0.2, 0.25) is 10.0 Å². The van der Waals surface area contributed by atoms with Crippen LogP contribution in [0.1, 0.15) is 27.8 Å². The van der Waals surface area contributed by atoms with Gasteiger partial charge in [0.25, 0.3) is 5.91 Å². The summed E-state index contributed by atoms with van der Waals surface area (Å²) in [5.74, 6) is 0.797. The molecule has 0 aliphatic carbocycles. The SMILES string of the molecule is Cc1c(C(=O)NCC(O)c2c(Cl)cccc2Cl)nnn1-c1ccc2c(c1)OCCO2. The van der Waals surface area contributed by atoms with Crippen molar-refractivity contribution < 1.29 is 19.4 Å². The highest BCUT2D eigenvalue weighted by Crippen LogP contribution is 2.32. The number of hydrogen-bond acceptors (Lipinski definition) is 6. The van der Waals surface area contributed by atoms with E-state index in [1.165, 1.54) is 4.68 Å². The van der Waals surface area contributed by atoms with Crippen molar-refractivity contribution in [2.75, 3.05) is 19.8 Å². The Bertz CT molecular complexity index is 1080. The summed E-state index contributed by atoms with van der Waals surface area (Å²) in [7, 11) is 0. The van der Waals surface area contributed by atoms with Crippen molar-refractivity contribution in [3.05, 3.63) is 63.4 Å². The molecule has 10 heteroatoms. The van der Waals surface area contributed by atoms with Crippen LogP contribution < -0.4 is 14.8 Å². The molecule has 0 bridgehead atoms. The van der Waals surface area contributed by atoms with Gasteiger partial charge in [0.15, 0.2) is 17.2 Å². The van der Waals surface area contributed by atoms with E-state index in [9.17, 15) is 9.90 Å². The number of aromatic nitrogens is 3. The molecule has 3 aromatic rings. The van der Waals surface area contributed by atoms with Crippen LogP contribution in [0.25, 0.3) is 5.69 Å². The van der Waals surface area contributed by atoms with E-state index in [2.05, 4.69) is 15.6 Å². The Kier molecular flexibility index (Phi) is 5.80. The van der Waals surface area contributed by atoms with E-state index >= 15 is 0 Å². The van der Waals surface area contributed by atoms with Gasteiger partial charge in [-0.25, -0.2) is 4.68 Å². The Balaban J connectivity index is 1.49. The van der Waals surface area contributed by atoms with Crippen LogP contribution in [0.4, 0.5) is 0 Å². The number of amides is 1. The maximum atomic E-state index is 12.6. The highest BCUT2D eigenvalue weighted by atomic mass is 35.5. The fraction of sp³-hybridized carbons (Fsp3) is 0.250. The van der Waals surface area contributed by atoms with Gasteiger partial charge in [-0.15, -0.1) is 5.10 Å². The number of fused-ring (bicyclic) bond motifs is 1. The van der Waals surface area contributed by atoms with Crippen LogP contribution >= 0.6 is 23.2 Å². The van der Waals surface area contributed by atoms with Gasteiger partial charge < -0.3 is 19.9 Å². The number of nitrogens with zero attached hydrogens (tertiary/aromatic N) is 3. The second kappa shape index (κ2) is 8.51. The average molecular weight is 449 g/mol. The largest absolute Gasteiger partial charge is 0.486 e. The second-order valence-corrected chi connectivity index (χ2v) is 7.44. The first kappa shape index (κ1) is 20.5. The smallest absolute Gasteiger partial charge is 0.273 e. The van der Waals surface area contributed by atoms with Crippen LogP contribution in [0, 0.1) is 6.92 Å². The monoisotopic (exact) mass is 448 g/mol. The van der Waals surface area contributed by atoms with E-state index in [4.69, 9.17) is 32.7 Å². The average Bonchev–Trinajstić information content (AvgIpc) is 3.13. The maximum Gasteiger partial charge on any atom is 0.273 e. The number of benzene rings is 2. The second-order valence-electron chi connectivity index (χ2n) is 6.62. The quantitative estimate of drug-likeness (QED) is 0.621. The van der Waals surface area contributed by atoms with E-state index in [0.717, 1.165) is 0 Å². The lowest BCUT2D eigenvalue weighted by molar-refractivity contribution is 0.0910. The van der Waals surface area contributed by atoms with Crippen molar-refractivity contribution in [2.24, 2.45) is 0 Å². The van der Waals surface area contributed by atoms with Crippen molar-refractivity contribution in [2.45, 2.75) is 13.0 Å². The van der Waals surface area contributed by atoms with Gasteiger partial charge in [0.05, 0.1) is 17.5 Å². The van der Waals surface area contributed by atoms with Crippen LogP contribution in [0.15, 0.2) is 36.4 Å². The molecule has 2 heterocycles. The van der Waals surface area contributed by atoms with Crippen LogP contribution in [0.5, 0.6) is 11.5 Å². The molecule has 2 aromatic carbocycles. The summed E-state index contributed by atoms with van der Waals surface area (Å²) < 4.78 is 12.6. The normalized spacial score (nSPS) is 13.7. The Labute approximate surface area is 182 Å². The molecular formula is C20H18Cl2N4O4. The molecule has 1 atom stereocenters. The minimum atomic E-state index is -1.07. The molecular weight excluding hydrogens is 431 g/mol. The minimum Gasteiger partial charge on any atom is -0.486 e. The summed E-state index contributed by atoms with van der Waals surface area (Å²) in [6.45, 7) is 2.62. The van der Waals surface area contributed by atoms with Gasteiger partial charge in [-0.05, 0) is 31.2 Å². The number of ether oxygens (including phenoxy) is 2. The lowest BCUT2D eigenvalue weighted by Gasteiger charge is -2.18. The topological polar surface area (TPSA) is 98.5 Å². The molecule has 0 spiro atoms. The maximum absolute atomic E-state index is 12.6. The van der Waals surface area contributed by atoms with Crippen molar-refractivity contribution in [3.8, 4) is 17.2 Å².